The molecular formula is C24H28ClN3O4S. The van der Waals surface area contributed by atoms with Gasteiger partial charge in [-0.25, -0.2) is 0 Å². The smallest absolute Gasteiger partial charge is 0.316 e. The van der Waals surface area contributed by atoms with Crippen LogP contribution in [0.25, 0.3) is 11.5 Å². The summed E-state index contributed by atoms with van der Waals surface area (Å²) >= 11 is 7.21. The molecule has 0 radical (unpaired) electrons. The lowest BCUT2D eigenvalue weighted by Gasteiger charge is -2.59. The first kappa shape index (κ1) is 22.7. The first-order chi connectivity index (χ1) is 15.9. The number of amides is 1. The number of rotatable bonds is 8. The number of esters is 1. The summed E-state index contributed by atoms with van der Waals surface area (Å²) in [7, 11) is 0. The number of ether oxygens (including phenoxy) is 1. The second kappa shape index (κ2) is 9.29. The van der Waals surface area contributed by atoms with Crippen molar-refractivity contribution < 1.29 is 18.7 Å². The van der Waals surface area contributed by atoms with Gasteiger partial charge in [-0.2, -0.15) is 0 Å². The summed E-state index contributed by atoms with van der Waals surface area (Å²) in [4.78, 5) is 24.6. The Morgan fingerprint density at radius 2 is 1.85 bits per heavy atom. The third-order valence-corrected chi connectivity index (χ3v) is 8.69. The molecule has 0 saturated heterocycles. The fourth-order valence-corrected chi connectivity index (χ4v) is 7.24. The highest BCUT2D eigenvalue weighted by atomic mass is 35.5. The molecule has 1 unspecified atom stereocenters. The van der Waals surface area contributed by atoms with E-state index in [0.29, 0.717) is 10.6 Å². The van der Waals surface area contributed by atoms with E-state index in [-0.39, 0.29) is 40.8 Å². The minimum absolute atomic E-state index is 0.0258. The van der Waals surface area contributed by atoms with Gasteiger partial charge in [-0.05, 0) is 80.8 Å². The molecule has 1 heterocycles. The zero-order valence-electron chi connectivity index (χ0n) is 18.6. The molecule has 33 heavy (non-hydrogen) atoms. The monoisotopic (exact) mass is 489 g/mol. The van der Waals surface area contributed by atoms with Crippen molar-refractivity contribution in [2.45, 2.75) is 56.7 Å². The molecule has 2 aromatic rings. The van der Waals surface area contributed by atoms with Gasteiger partial charge >= 0.3 is 5.97 Å². The second-order valence-corrected chi connectivity index (χ2v) is 11.2. The SMILES string of the molecule is CC(NC(=O)COC(=O)CSc1nnc(-c2ccccc2Cl)o1)C12CC3CC(CC(C3)C1)C2. The summed E-state index contributed by atoms with van der Waals surface area (Å²) in [6, 6.07) is 7.26. The number of benzene rings is 1. The Kier molecular flexibility index (Phi) is 6.40. The maximum atomic E-state index is 12.5. The normalized spacial score (nSPS) is 28.5. The molecule has 4 bridgehead atoms. The van der Waals surface area contributed by atoms with Crippen molar-refractivity contribution in [3.63, 3.8) is 0 Å². The van der Waals surface area contributed by atoms with E-state index in [1.165, 1.54) is 38.5 Å². The predicted octanol–water partition coefficient (Wildman–Crippen LogP) is 4.75. The van der Waals surface area contributed by atoms with Gasteiger partial charge in [-0.15, -0.1) is 10.2 Å². The molecule has 0 aliphatic heterocycles. The van der Waals surface area contributed by atoms with Crippen molar-refractivity contribution in [2.75, 3.05) is 12.4 Å². The number of aromatic nitrogens is 2. The Balaban J connectivity index is 1.07. The van der Waals surface area contributed by atoms with Crippen molar-refractivity contribution in [3.8, 4) is 11.5 Å². The average molecular weight is 490 g/mol. The third-order valence-electron chi connectivity index (χ3n) is 7.57. The van der Waals surface area contributed by atoms with Crippen molar-refractivity contribution in [3.05, 3.63) is 29.3 Å². The quantitative estimate of drug-likeness (QED) is 0.422. The zero-order valence-corrected chi connectivity index (χ0v) is 20.2. The van der Waals surface area contributed by atoms with Gasteiger partial charge in [0.25, 0.3) is 11.1 Å². The molecule has 7 nitrogen and oxygen atoms in total. The van der Waals surface area contributed by atoms with Crippen LogP contribution in [-0.4, -0.2) is 40.5 Å². The molecule has 0 spiro atoms. The Morgan fingerprint density at radius 3 is 2.52 bits per heavy atom. The number of carbonyl (C=O) groups is 2. The Bertz CT molecular complexity index is 1010. The number of hydrogen-bond donors (Lipinski definition) is 1. The van der Waals surface area contributed by atoms with Crippen molar-refractivity contribution in [1.82, 2.24) is 15.5 Å². The molecule has 4 aliphatic rings. The molecule has 9 heteroatoms. The van der Waals surface area contributed by atoms with Crippen LogP contribution >= 0.6 is 23.4 Å². The van der Waals surface area contributed by atoms with Gasteiger partial charge in [0.2, 0.25) is 5.89 Å². The molecule has 1 aromatic heterocycles. The molecule has 4 saturated carbocycles. The van der Waals surface area contributed by atoms with Crippen LogP contribution in [0.2, 0.25) is 5.02 Å². The van der Waals surface area contributed by atoms with Crippen LogP contribution in [0, 0.1) is 23.2 Å². The number of hydrogen-bond acceptors (Lipinski definition) is 7. The molecule has 1 atom stereocenters. The maximum Gasteiger partial charge on any atom is 0.316 e. The van der Waals surface area contributed by atoms with Gasteiger partial charge in [0, 0.05) is 6.04 Å². The predicted molar refractivity (Wildman–Crippen MR) is 125 cm³/mol. The number of carbonyl (C=O) groups excluding carboxylic acids is 2. The largest absolute Gasteiger partial charge is 0.455 e. The lowest BCUT2D eigenvalue weighted by molar-refractivity contribution is -0.147. The van der Waals surface area contributed by atoms with E-state index in [1.54, 1.807) is 12.1 Å². The van der Waals surface area contributed by atoms with Crippen LogP contribution in [-0.2, 0) is 14.3 Å². The summed E-state index contributed by atoms with van der Waals surface area (Å²) in [6.45, 7) is 1.85. The highest BCUT2D eigenvalue weighted by Gasteiger charge is 2.53. The minimum atomic E-state index is -0.505. The van der Waals surface area contributed by atoms with Gasteiger partial charge in [0.15, 0.2) is 6.61 Å². The van der Waals surface area contributed by atoms with E-state index in [2.05, 4.69) is 22.4 Å². The molecule has 4 aliphatic carbocycles. The van der Waals surface area contributed by atoms with E-state index in [1.807, 2.05) is 12.1 Å². The topological polar surface area (TPSA) is 94.3 Å². The van der Waals surface area contributed by atoms with Gasteiger partial charge < -0.3 is 14.5 Å². The number of halogens is 1. The lowest BCUT2D eigenvalue weighted by Crippen LogP contribution is -2.56. The van der Waals surface area contributed by atoms with Crippen molar-refractivity contribution in [2.24, 2.45) is 23.2 Å². The van der Waals surface area contributed by atoms with Gasteiger partial charge in [-0.1, -0.05) is 35.5 Å². The van der Waals surface area contributed by atoms with E-state index < -0.39 is 5.97 Å². The summed E-state index contributed by atoms with van der Waals surface area (Å²) in [5.41, 5.74) is 0.854. The van der Waals surface area contributed by atoms with Gasteiger partial charge in [-0.3, -0.25) is 9.59 Å². The van der Waals surface area contributed by atoms with Crippen LogP contribution < -0.4 is 5.32 Å². The van der Waals surface area contributed by atoms with Gasteiger partial charge in [0.1, 0.15) is 5.75 Å². The lowest BCUT2D eigenvalue weighted by atomic mass is 9.48. The fourth-order valence-electron chi connectivity index (χ4n) is 6.46. The van der Waals surface area contributed by atoms with Crippen molar-refractivity contribution in [1.29, 1.82) is 0 Å². The van der Waals surface area contributed by atoms with Crippen LogP contribution in [0.4, 0.5) is 0 Å². The molecule has 4 fully saturated rings. The Morgan fingerprint density at radius 1 is 1.18 bits per heavy atom. The summed E-state index contributed by atoms with van der Waals surface area (Å²) < 4.78 is 10.7. The molecule has 1 amide bonds. The zero-order chi connectivity index (χ0) is 23.0. The first-order valence-corrected chi connectivity index (χ1v) is 12.9. The van der Waals surface area contributed by atoms with E-state index in [4.69, 9.17) is 20.8 Å². The fraction of sp³-hybridized carbons (Fsp3) is 0.583. The first-order valence-electron chi connectivity index (χ1n) is 11.6. The van der Waals surface area contributed by atoms with Crippen molar-refractivity contribution >= 4 is 35.2 Å². The molecule has 1 N–H and O–H groups in total. The maximum absolute atomic E-state index is 12.5. The van der Waals surface area contributed by atoms with Gasteiger partial charge in [0.05, 0.1) is 10.6 Å². The minimum Gasteiger partial charge on any atom is -0.455 e. The molecule has 6 rings (SSSR count). The summed E-state index contributed by atoms with van der Waals surface area (Å²) in [6.07, 6.45) is 7.77. The van der Waals surface area contributed by atoms with Crippen LogP contribution in [0.1, 0.15) is 45.4 Å². The highest BCUT2D eigenvalue weighted by molar-refractivity contribution is 7.99. The molecule has 176 valence electrons. The highest BCUT2D eigenvalue weighted by Crippen LogP contribution is 2.61. The second-order valence-electron chi connectivity index (χ2n) is 9.87. The Labute approximate surface area is 202 Å². The average Bonchev–Trinajstić information content (AvgIpc) is 3.24. The van der Waals surface area contributed by atoms with Crippen LogP contribution in [0.15, 0.2) is 33.9 Å². The third kappa shape index (κ3) is 4.92. The van der Waals surface area contributed by atoms with E-state index >= 15 is 0 Å². The Hall–Kier alpha value is -2.06. The van der Waals surface area contributed by atoms with Crippen LogP contribution in [0.5, 0.6) is 0 Å². The standard InChI is InChI=1S/C24H28ClN3O4S/c1-14(24-9-15-6-16(10-24)8-17(7-15)11-24)26-20(29)12-31-21(30)13-33-23-28-27-22(32-23)18-4-2-3-5-19(18)25/h2-5,14-17H,6-13H2,1H3,(H,26,29). The molecule has 1 aromatic carbocycles. The number of nitrogens with zero attached hydrogens (tertiary/aromatic N) is 2. The number of nitrogens with one attached hydrogen (secondary N) is 1. The molecular weight excluding hydrogens is 462 g/mol. The van der Waals surface area contributed by atoms with E-state index in [0.717, 1.165) is 29.5 Å². The summed E-state index contributed by atoms with van der Waals surface area (Å²) in [5.74, 6) is 2.00. The van der Waals surface area contributed by atoms with Crippen LogP contribution in [0.3, 0.4) is 0 Å². The number of thioether (sulfide) groups is 1. The summed E-state index contributed by atoms with van der Waals surface area (Å²) in [5, 5.41) is 11.8. The van der Waals surface area contributed by atoms with E-state index in [9.17, 15) is 9.59 Å².